The number of aromatic nitrogens is 2. The van der Waals surface area contributed by atoms with Gasteiger partial charge in [-0.15, -0.1) is 0 Å². The maximum Gasteiger partial charge on any atom is 0.280 e. The summed E-state index contributed by atoms with van der Waals surface area (Å²) in [6.07, 6.45) is 0. The van der Waals surface area contributed by atoms with Crippen LogP contribution >= 0.6 is 11.6 Å². The third-order valence-electron chi connectivity index (χ3n) is 4.48. The molecule has 0 radical (unpaired) electrons. The number of nitrogens with one attached hydrogen (secondary N) is 2. The van der Waals surface area contributed by atoms with Crippen molar-refractivity contribution in [1.29, 1.82) is 0 Å². The average Bonchev–Trinajstić information content (AvgIpc) is 2.79. The smallest absolute Gasteiger partial charge is 0.280 e. The second-order valence-corrected chi connectivity index (χ2v) is 7.11. The number of rotatable bonds is 7. The van der Waals surface area contributed by atoms with Crippen LogP contribution in [-0.2, 0) is 11.4 Å². The van der Waals surface area contributed by atoms with Crippen molar-refractivity contribution in [3.05, 3.63) is 100 Å². The van der Waals surface area contributed by atoms with Crippen molar-refractivity contribution in [2.75, 3.05) is 17.3 Å². The first-order chi connectivity index (χ1) is 15.1. The molecule has 2 N–H and O–H groups in total. The minimum Gasteiger partial charge on any atom is -0.486 e. The molecule has 0 saturated heterocycles. The molecule has 0 aliphatic heterocycles. The summed E-state index contributed by atoms with van der Waals surface area (Å²) in [5, 5.41) is 3.76. The van der Waals surface area contributed by atoms with Gasteiger partial charge < -0.3 is 15.5 Å². The van der Waals surface area contributed by atoms with Crippen LogP contribution in [0.5, 0.6) is 5.75 Å². The molecular formula is C23H19ClN4O3. The van der Waals surface area contributed by atoms with E-state index in [0.29, 0.717) is 33.2 Å². The van der Waals surface area contributed by atoms with Gasteiger partial charge in [-0.05, 0) is 48.5 Å². The van der Waals surface area contributed by atoms with E-state index in [4.69, 9.17) is 16.3 Å². The Morgan fingerprint density at radius 2 is 1.68 bits per heavy atom. The van der Waals surface area contributed by atoms with Gasteiger partial charge in [-0.25, -0.2) is 9.66 Å². The van der Waals surface area contributed by atoms with Gasteiger partial charge in [-0.2, -0.15) is 0 Å². The zero-order valence-corrected chi connectivity index (χ0v) is 17.2. The van der Waals surface area contributed by atoms with Gasteiger partial charge in [-0.1, -0.05) is 41.9 Å². The van der Waals surface area contributed by atoms with Crippen molar-refractivity contribution < 1.29 is 9.53 Å². The minimum absolute atomic E-state index is 0.0515. The lowest BCUT2D eigenvalue weighted by atomic mass is 10.2. The molecule has 1 aromatic heterocycles. The van der Waals surface area contributed by atoms with Gasteiger partial charge in [0.2, 0.25) is 5.91 Å². The van der Waals surface area contributed by atoms with Crippen molar-refractivity contribution in [1.82, 2.24) is 9.66 Å². The molecule has 1 amide bonds. The van der Waals surface area contributed by atoms with Gasteiger partial charge in [-0.3, -0.25) is 9.59 Å². The monoisotopic (exact) mass is 434 g/mol. The summed E-state index contributed by atoms with van der Waals surface area (Å²) in [7, 11) is 0. The third-order valence-corrected chi connectivity index (χ3v) is 4.73. The van der Waals surface area contributed by atoms with Crippen LogP contribution in [0.15, 0.2) is 83.7 Å². The molecule has 3 aromatic carbocycles. The summed E-state index contributed by atoms with van der Waals surface area (Å²) in [6, 6.07) is 23.0. The normalized spacial score (nSPS) is 10.6. The Morgan fingerprint density at radius 1 is 0.968 bits per heavy atom. The first kappa shape index (κ1) is 20.4. The number of anilines is 1. The van der Waals surface area contributed by atoms with Crippen molar-refractivity contribution in [3.63, 3.8) is 0 Å². The number of benzene rings is 3. The van der Waals surface area contributed by atoms with Crippen molar-refractivity contribution >= 4 is 34.1 Å². The highest BCUT2D eigenvalue weighted by molar-refractivity contribution is 6.30. The van der Waals surface area contributed by atoms with Crippen LogP contribution in [0.2, 0.25) is 5.02 Å². The Labute approximate surface area is 183 Å². The van der Waals surface area contributed by atoms with Gasteiger partial charge >= 0.3 is 0 Å². The predicted octanol–water partition coefficient (Wildman–Crippen LogP) is 3.81. The van der Waals surface area contributed by atoms with E-state index in [2.05, 4.69) is 15.7 Å². The number of para-hydroxylation sites is 2. The second-order valence-electron chi connectivity index (χ2n) is 6.68. The van der Waals surface area contributed by atoms with E-state index in [0.717, 1.165) is 0 Å². The molecular weight excluding hydrogens is 416 g/mol. The number of fused-ring (bicyclic) bond motifs is 1. The zero-order valence-electron chi connectivity index (χ0n) is 16.4. The fraction of sp³-hybridized carbons (Fsp3) is 0.0870. The van der Waals surface area contributed by atoms with E-state index in [-0.39, 0.29) is 24.6 Å². The number of ether oxygens (including phenoxy) is 1. The highest BCUT2D eigenvalue weighted by Gasteiger charge is 2.13. The molecule has 0 bridgehead atoms. The lowest BCUT2D eigenvalue weighted by Crippen LogP contribution is -2.37. The molecule has 0 spiro atoms. The molecule has 1 heterocycles. The highest BCUT2D eigenvalue weighted by Crippen LogP contribution is 2.14. The Bertz CT molecular complexity index is 1260. The minimum atomic E-state index is -0.322. The third kappa shape index (κ3) is 5.02. The van der Waals surface area contributed by atoms with Crippen molar-refractivity contribution in [3.8, 4) is 5.75 Å². The SMILES string of the molecule is O=C(CNn1c(COc2ccccc2)nc2ccccc2c1=O)Nc1ccc(Cl)cc1. The Hall–Kier alpha value is -3.84. The van der Waals surface area contributed by atoms with Crippen LogP contribution in [-0.4, -0.2) is 22.1 Å². The molecule has 0 atom stereocenters. The fourth-order valence-corrected chi connectivity index (χ4v) is 3.12. The summed E-state index contributed by atoms with van der Waals surface area (Å²) in [6.45, 7) is -0.0865. The molecule has 0 aliphatic rings. The quantitative estimate of drug-likeness (QED) is 0.462. The van der Waals surface area contributed by atoms with Gasteiger partial charge in [0.05, 0.1) is 10.9 Å². The van der Waals surface area contributed by atoms with E-state index in [9.17, 15) is 9.59 Å². The second kappa shape index (κ2) is 9.32. The van der Waals surface area contributed by atoms with Crippen molar-refractivity contribution in [2.24, 2.45) is 0 Å². The highest BCUT2D eigenvalue weighted by atomic mass is 35.5. The van der Waals surface area contributed by atoms with Crippen LogP contribution in [0.25, 0.3) is 10.9 Å². The Balaban J connectivity index is 1.55. The van der Waals surface area contributed by atoms with Gasteiger partial charge in [0, 0.05) is 10.7 Å². The molecule has 7 nitrogen and oxygen atoms in total. The number of carbonyl (C=O) groups is 1. The van der Waals surface area contributed by atoms with Gasteiger partial charge in [0.15, 0.2) is 5.82 Å². The number of hydrogen-bond acceptors (Lipinski definition) is 5. The maximum atomic E-state index is 13.0. The average molecular weight is 435 g/mol. The van der Waals surface area contributed by atoms with Crippen molar-refractivity contribution in [2.45, 2.75) is 6.61 Å². The van der Waals surface area contributed by atoms with E-state index >= 15 is 0 Å². The molecule has 156 valence electrons. The van der Waals surface area contributed by atoms with Gasteiger partial charge in [0.25, 0.3) is 5.56 Å². The molecule has 0 saturated carbocycles. The summed E-state index contributed by atoms with van der Waals surface area (Å²) in [5.41, 5.74) is 3.72. The number of nitrogens with zero attached hydrogens (tertiary/aromatic N) is 2. The summed E-state index contributed by atoms with van der Waals surface area (Å²) in [5.74, 6) is 0.682. The van der Waals surface area contributed by atoms with E-state index in [1.807, 2.05) is 36.4 Å². The number of halogens is 1. The Morgan fingerprint density at radius 3 is 2.45 bits per heavy atom. The number of carbonyl (C=O) groups excluding carboxylic acids is 1. The summed E-state index contributed by atoms with van der Waals surface area (Å²) in [4.78, 5) is 29.9. The van der Waals surface area contributed by atoms with Gasteiger partial charge in [0.1, 0.15) is 18.9 Å². The predicted molar refractivity (Wildman–Crippen MR) is 121 cm³/mol. The first-order valence-electron chi connectivity index (χ1n) is 9.58. The molecule has 31 heavy (non-hydrogen) atoms. The van der Waals surface area contributed by atoms with Crippen LogP contribution in [0, 0.1) is 0 Å². The lowest BCUT2D eigenvalue weighted by Gasteiger charge is -2.16. The molecule has 0 unspecified atom stereocenters. The van der Waals surface area contributed by atoms with Crippen LogP contribution in [0.3, 0.4) is 0 Å². The molecule has 0 aliphatic carbocycles. The van der Waals surface area contributed by atoms with E-state index < -0.39 is 0 Å². The fourth-order valence-electron chi connectivity index (χ4n) is 2.99. The van der Waals surface area contributed by atoms with Crippen LogP contribution < -0.4 is 21.0 Å². The maximum absolute atomic E-state index is 13.0. The topological polar surface area (TPSA) is 85.2 Å². The summed E-state index contributed by atoms with van der Waals surface area (Å²) >= 11 is 5.86. The first-order valence-corrected chi connectivity index (χ1v) is 9.96. The largest absolute Gasteiger partial charge is 0.486 e. The Kier molecular flexibility index (Phi) is 6.14. The summed E-state index contributed by atoms with van der Waals surface area (Å²) < 4.78 is 7.03. The number of amides is 1. The zero-order chi connectivity index (χ0) is 21.6. The lowest BCUT2D eigenvalue weighted by molar-refractivity contribution is -0.114. The molecule has 4 rings (SSSR count). The van der Waals surface area contributed by atoms with E-state index in [1.165, 1.54) is 4.68 Å². The number of hydrogen-bond donors (Lipinski definition) is 2. The van der Waals surface area contributed by atoms with E-state index in [1.54, 1.807) is 42.5 Å². The van der Waals surface area contributed by atoms with Crippen LogP contribution in [0.4, 0.5) is 5.69 Å². The van der Waals surface area contributed by atoms with Crippen LogP contribution in [0.1, 0.15) is 5.82 Å². The molecule has 0 fully saturated rings. The standard InChI is InChI=1S/C23H19ClN4O3/c24-16-10-12-17(13-11-16)26-22(29)14-25-28-21(15-31-18-6-2-1-3-7-18)27-20-9-5-4-8-19(20)23(28)30/h1-13,25H,14-15H2,(H,26,29). The molecule has 4 aromatic rings. The molecule has 8 heteroatoms.